The summed E-state index contributed by atoms with van der Waals surface area (Å²) in [6.07, 6.45) is 6.32. The van der Waals surface area contributed by atoms with Crippen molar-refractivity contribution >= 4 is 15.9 Å². The minimum Gasteiger partial charge on any atom is -0.490 e. The summed E-state index contributed by atoms with van der Waals surface area (Å²) in [5.74, 6) is 0.922. The Hall–Kier alpha value is -1.39. The van der Waals surface area contributed by atoms with E-state index < -0.39 is 0 Å². The number of ether oxygens (including phenoxy) is 1. The summed E-state index contributed by atoms with van der Waals surface area (Å²) in [6, 6.07) is 9.83. The molecule has 1 heterocycles. The van der Waals surface area contributed by atoms with Crippen LogP contribution in [0.15, 0.2) is 47.2 Å². The summed E-state index contributed by atoms with van der Waals surface area (Å²) in [7, 11) is 0. The smallest absolute Gasteiger partial charge is 0.119 e. The second kappa shape index (κ2) is 5.31. The Labute approximate surface area is 120 Å². The first-order valence-electron chi connectivity index (χ1n) is 6.35. The van der Waals surface area contributed by atoms with Gasteiger partial charge in [0.25, 0.3) is 0 Å². The predicted molar refractivity (Wildman–Crippen MR) is 78.1 cm³/mol. The summed E-state index contributed by atoms with van der Waals surface area (Å²) >= 11 is 3.41. The van der Waals surface area contributed by atoms with Crippen molar-refractivity contribution in [2.75, 3.05) is 0 Å². The maximum Gasteiger partial charge on any atom is 0.119 e. The molecule has 1 saturated carbocycles. The molecular formula is C15H15BrN2O. The van der Waals surface area contributed by atoms with Gasteiger partial charge in [-0.15, -0.1) is 0 Å². The molecule has 0 saturated heterocycles. The van der Waals surface area contributed by atoms with Gasteiger partial charge < -0.3 is 10.5 Å². The highest BCUT2D eigenvalue weighted by Crippen LogP contribution is 2.28. The van der Waals surface area contributed by atoms with Crippen molar-refractivity contribution in [1.82, 2.24) is 4.98 Å². The van der Waals surface area contributed by atoms with Crippen molar-refractivity contribution < 1.29 is 4.74 Å². The SMILES string of the molecule is NC(c1ccc(OC2CC2)cc1)c1cncc(Br)c1. The maximum atomic E-state index is 6.25. The first-order valence-corrected chi connectivity index (χ1v) is 7.14. The molecule has 1 aromatic heterocycles. The van der Waals surface area contributed by atoms with Gasteiger partial charge in [0.05, 0.1) is 12.1 Å². The first-order chi connectivity index (χ1) is 9.22. The van der Waals surface area contributed by atoms with E-state index in [0.29, 0.717) is 6.10 Å². The number of halogens is 1. The van der Waals surface area contributed by atoms with E-state index in [-0.39, 0.29) is 6.04 Å². The number of hydrogen-bond donors (Lipinski definition) is 1. The van der Waals surface area contributed by atoms with Gasteiger partial charge >= 0.3 is 0 Å². The van der Waals surface area contributed by atoms with Crippen molar-refractivity contribution in [3.63, 3.8) is 0 Å². The minimum atomic E-state index is -0.167. The van der Waals surface area contributed by atoms with Crippen LogP contribution in [0.4, 0.5) is 0 Å². The molecule has 0 bridgehead atoms. The molecule has 1 aromatic carbocycles. The van der Waals surface area contributed by atoms with Gasteiger partial charge in [0.2, 0.25) is 0 Å². The van der Waals surface area contributed by atoms with Gasteiger partial charge in [-0.05, 0) is 58.1 Å². The third kappa shape index (κ3) is 3.14. The summed E-state index contributed by atoms with van der Waals surface area (Å²) in [4.78, 5) is 4.14. The molecule has 0 spiro atoms. The third-order valence-electron chi connectivity index (χ3n) is 3.15. The van der Waals surface area contributed by atoms with Crippen LogP contribution in [-0.2, 0) is 0 Å². The van der Waals surface area contributed by atoms with Gasteiger partial charge in [-0.3, -0.25) is 4.98 Å². The Morgan fingerprint density at radius 3 is 2.53 bits per heavy atom. The molecule has 1 aliphatic carbocycles. The number of pyridine rings is 1. The number of nitrogens with zero attached hydrogens (tertiary/aromatic N) is 1. The van der Waals surface area contributed by atoms with Crippen LogP contribution in [-0.4, -0.2) is 11.1 Å². The Balaban J connectivity index is 1.77. The first kappa shape index (κ1) is 12.6. The molecule has 1 aliphatic rings. The summed E-state index contributed by atoms with van der Waals surface area (Å²) in [5.41, 5.74) is 8.30. The van der Waals surface area contributed by atoms with E-state index in [1.54, 1.807) is 12.4 Å². The Morgan fingerprint density at radius 1 is 1.16 bits per heavy atom. The van der Waals surface area contributed by atoms with Crippen LogP contribution in [0.2, 0.25) is 0 Å². The fourth-order valence-corrected chi connectivity index (χ4v) is 2.31. The van der Waals surface area contributed by atoms with Gasteiger partial charge in [0.15, 0.2) is 0 Å². The molecule has 1 unspecified atom stereocenters. The van der Waals surface area contributed by atoms with Crippen molar-refractivity contribution in [3.05, 3.63) is 58.3 Å². The highest BCUT2D eigenvalue weighted by Gasteiger charge is 2.23. The second-order valence-corrected chi connectivity index (χ2v) is 5.72. The van der Waals surface area contributed by atoms with Crippen LogP contribution < -0.4 is 10.5 Å². The van der Waals surface area contributed by atoms with E-state index in [1.807, 2.05) is 30.3 Å². The second-order valence-electron chi connectivity index (χ2n) is 4.80. The number of rotatable bonds is 4. The number of benzene rings is 1. The van der Waals surface area contributed by atoms with E-state index in [2.05, 4.69) is 20.9 Å². The van der Waals surface area contributed by atoms with Crippen LogP contribution in [0.1, 0.15) is 30.0 Å². The van der Waals surface area contributed by atoms with Gasteiger partial charge in [0.1, 0.15) is 5.75 Å². The maximum absolute atomic E-state index is 6.25. The summed E-state index contributed by atoms with van der Waals surface area (Å²) in [5, 5.41) is 0. The third-order valence-corrected chi connectivity index (χ3v) is 3.59. The van der Waals surface area contributed by atoms with E-state index in [0.717, 1.165) is 21.3 Å². The molecule has 3 nitrogen and oxygen atoms in total. The standard InChI is InChI=1S/C15H15BrN2O/c16-12-7-11(8-18-9-12)15(17)10-1-3-13(4-2-10)19-14-5-6-14/h1-4,7-9,14-15H,5-6,17H2. The Kier molecular flexibility index (Phi) is 3.53. The highest BCUT2D eigenvalue weighted by atomic mass is 79.9. The summed E-state index contributed by atoms with van der Waals surface area (Å²) in [6.45, 7) is 0. The monoisotopic (exact) mass is 318 g/mol. The number of nitrogens with two attached hydrogens (primary N) is 1. The van der Waals surface area contributed by atoms with Crippen LogP contribution in [0.5, 0.6) is 5.75 Å². The van der Waals surface area contributed by atoms with Crippen molar-refractivity contribution in [1.29, 1.82) is 0 Å². The van der Waals surface area contributed by atoms with Crippen LogP contribution in [0.3, 0.4) is 0 Å². The van der Waals surface area contributed by atoms with Crippen LogP contribution in [0, 0.1) is 0 Å². The lowest BCUT2D eigenvalue weighted by atomic mass is 10.0. The largest absolute Gasteiger partial charge is 0.490 e. The number of aromatic nitrogens is 1. The molecule has 3 rings (SSSR count). The normalized spacial score (nSPS) is 16.1. The Bertz CT molecular complexity index is 567. The lowest BCUT2D eigenvalue weighted by Crippen LogP contribution is -2.12. The predicted octanol–water partition coefficient (Wildman–Crippen LogP) is 3.43. The molecule has 2 aromatic rings. The topological polar surface area (TPSA) is 48.1 Å². The van der Waals surface area contributed by atoms with Crippen molar-refractivity contribution in [2.45, 2.75) is 25.0 Å². The zero-order valence-corrected chi connectivity index (χ0v) is 12.0. The minimum absolute atomic E-state index is 0.167. The average Bonchev–Trinajstić information content (AvgIpc) is 3.23. The molecule has 98 valence electrons. The quantitative estimate of drug-likeness (QED) is 0.939. The van der Waals surface area contributed by atoms with E-state index in [1.165, 1.54) is 12.8 Å². The van der Waals surface area contributed by atoms with Gasteiger partial charge in [-0.25, -0.2) is 0 Å². The van der Waals surface area contributed by atoms with Crippen molar-refractivity contribution in [3.8, 4) is 5.75 Å². The van der Waals surface area contributed by atoms with Gasteiger partial charge in [-0.1, -0.05) is 12.1 Å². The van der Waals surface area contributed by atoms with E-state index in [4.69, 9.17) is 10.5 Å². The summed E-state index contributed by atoms with van der Waals surface area (Å²) < 4.78 is 6.66. The van der Waals surface area contributed by atoms with E-state index >= 15 is 0 Å². The zero-order chi connectivity index (χ0) is 13.2. The molecule has 4 heteroatoms. The van der Waals surface area contributed by atoms with Crippen LogP contribution in [0.25, 0.3) is 0 Å². The van der Waals surface area contributed by atoms with Crippen LogP contribution >= 0.6 is 15.9 Å². The molecular weight excluding hydrogens is 304 g/mol. The molecule has 0 radical (unpaired) electrons. The van der Waals surface area contributed by atoms with E-state index in [9.17, 15) is 0 Å². The molecule has 1 fully saturated rings. The van der Waals surface area contributed by atoms with Gasteiger partial charge in [-0.2, -0.15) is 0 Å². The fourth-order valence-electron chi connectivity index (χ4n) is 1.92. The molecule has 19 heavy (non-hydrogen) atoms. The zero-order valence-electron chi connectivity index (χ0n) is 10.4. The fraction of sp³-hybridized carbons (Fsp3) is 0.267. The average molecular weight is 319 g/mol. The molecule has 0 amide bonds. The van der Waals surface area contributed by atoms with Crippen molar-refractivity contribution in [2.24, 2.45) is 5.73 Å². The molecule has 2 N–H and O–H groups in total. The highest BCUT2D eigenvalue weighted by molar-refractivity contribution is 9.10. The number of hydrogen-bond acceptors (Lipinski definition) is 3. The lowest BCUT2D eigenvalue weighted by Gasteiger charge is -2.13. The molecule has 0 aliphatic heterocycles. The molecule has 1 atom stereocenters. The lowest BCUT2D eigenvalue weighted by molar-refractivity contribution is 0.303. The Morgan fingerprint density at radius 2 is 1.89 bits per heavy atom. The van der Waals surface area contributed by atoms with Gasteiger partial charge in [0, 0.05) is 16.9 Å².